The third-order valence-corrected chi connectivity index (χ3v) is 4.41. The van der Waals surface area contributed by atoms with Crippen LogP contribution >= 0.6 is 70.0 Å². The maximum Gasteiger partial charge on any atom is 0.567 e. The summed E-state index contributed by atoms with van der Waals surface area (Å²) in [4.78, 5) is 78.5. The molecule has 31 heteroatoms. The van der Waals surface area contributed by atoms with Gasteiger partial charge < -0.3 is 4.52 Å². The van der Waals surface area contributed by atoms with Crippen molar-refractivity contribution in [2.75, 3.05) is 0 Å². The summed E-state index contributed by atoms with van der Waals surface area (Å²) in [6.07, 6.45) is 0. The lowest BCUT2D eigenvalue weighted by molar-refractivity contribution is 0.320. The van der Waals surface area contributed by atoms with Crippen molar-refractivity contribution in [1.82, 2.24) is 0 Å². The lowest BCUT2D eigenvalue weighted by atomic mass is 9.99. The van der Waals surface area contributed by atoms with E-state index in [1.807, 2.05) is 59.8 Å². The van der Waals surface area contributed by atoms with Crippen LogP contribution in [-0.2, 0) is 27.4 Å². The topological polar surface area (TPSA) is 334 Å². The fourth-order valence-electron chi connectivity index (χ4n) is 1.96. The van der Waals surface area contributed by atoms with E-state index in [-0.39, 0.29) is 5.75 Å². The molecule has 2 aromatic rings. The van der Waals surface area contributed by atoms with Gasteiger partial charge in [-0.3, -0.25) is 53.8 Å². The molecule has 0 spiro atoms. The Balaban J connectivity index is -0.000000275. The van der Waals surface area contributed by atoms with Gasteiger partial charge in [-0.15, -0.1) is 25.2 Å². The zero-order chi connectivity index (χ0) is 37.4. The SMILES string of the molecule is Cc1ccccc1-c1ccc(C)c(OP(=O)(O)F)c1I.O=P(O)(O)F.O=P(O)(O)F.O=P(O)(O)F.O=P(O)(O)F.O=P(O)(O)F. The van der Waals surface area contributed by atoms with Crippen LogP contribution in [0.2, 0.25) is 0 Å². The van der Waals surface area contributed by atoms with Gasteiger partial charge in [0.2, 0.25) is 0 Å². The Bertz CT molecular complexity index is 1320. The first-order valence-electron chi connectivity index (χ1n) is 9.62. The summed E-state index contributed by atoms with van der Waals surface area (Å²) in [5.74, 6) is 0.111. The Morgan fingerprint density at radius 1 is 0.511 bits per heavy atom. The van der Waals surface area contributed by atoms with Crippen molar-refractivity contribution in [2.24, 2.45) is 0 Å². The fraction of sp³-hybridized carbons (Fsp3) is 0.143. The predicted octanol–water partition coefficient (Wildman–Crippen LogP) is 5.27. The smallest absolute Gasteiger partial charge is 0.400 e. The maximum absolute atomic E-state index is 12.9. The van der Waals surface area contributed by atoms with Gasteiger partial charge in [0.15, 0.2) is 0 Å². The quantitative estimate of drug-likeness (QED) is 0.106. The molecular formula is C14H23F6IO18P6. The maximum atomic E-state index is 12.9. The van der Waals surface area contributed by atoms with Gasteiger partial charge >= 0.3 is 47.4 Å². The molecule has 0 bridgehead atoms. The van der Waals surface area contributed by atoms with E-state index in [1.54, 1.807) is 13.0 Å². The zero-order valence-electron chi connectivity index (χ0n) is 21.6. The molecule has 0 heterocycles. The molecule has 0 aliphatic rings. The Hall–Kier alpha value is -0.510. The Labute approximate surface area is 262 Å². The van der Waals surface area contributed by atoms with Crippen LogP contribution < -0.4 is 4.52 Å². The third kappa shape index (κ3) is 56.2. The highest BCUT2D eigenvalue weighted by atomic mass is 127. The van der Waals surface area contributed by atoms with Crippen molar-refractivity contribution in [2.45, 2.75) is 13.8 Å². The summed E-state index contributed by atoms with van der Waals surface area (Å²) in [5.41, 5.74) is 3.50. The number of aryl methyl sites for hydroxylation is 2. The van der Waals surface area contributed by atoms with Crippen LogP contribution in [0.1, 0.15) is 11.1 Å². The summed E-state index contributed by atoms with van der Waals surface area (Å²) < 4.78 is 124. The molecule has 45 heavy (non-hydrogen) atoms. The second kappa shape index (κ2) is 21.5. The average Bonchev–Trinajstić information content (AvgIpc) is 2.65. The molecule has 1 unspecified atom stereocenters. The molecule has 2 rings (SSSR count). The van der Waals surface area contributed by atoms with Crippen LogP contribution in [0.4, 0.5) is 25.2 Å². The summed E-state index contributed by atoms with van der Waals surface area (Å²) >= 11 is 2.00. The average molecular weight is 906 g/mol. The molecule has 0 aromatic heterocycles. The first-order chi connectivity index (χ1) is 19.3. The van der Waals surface area contributed by atoms with Crippen LogP contribution in [0.25, 0.3) is 11.1 Å². The first-order valence-corrected chi connectivity index (χ1v) is 19.7. The lowest BCUT2D eigenvalue weighted by Crippen LogP contribution is -1.96. The normalized spacial score (nSPS) is 12.7. The molecule has 0 saturated carbocycles. The minimum Gasteiger partial charge on any atom is -0.400 e. The number of halogens is 7. The van der Waals surface area contributed by atoms with E-state index in [9.17, 15) is 29.7 Å². The Morgan fingerprint density at radius 3 is 1.07 bits per heavy atom. The fourth-order valence-corrected chi connectivity index (χ4v) is 3.60. The van der Waals surface area contributed by atoms with Crippen molar-refractivity contribution in [3.05, 3.63) is 51.1 Å². The van der Waals surface area contributed by atoms with Crippen molar-refractivity contribution in [1.29, 1.82) is 0 Å². The zero-order valence-corrected chi connectivity index (χ0v) is 29.1. The molecule has 0 fully saturated rings. The number of benzene rings is 2. The number of hydrogen-bond donors (Lipinski definition) is 11. The number of rotatable bonds is 3. The van der Waals surface area contributed by atoms with Crippen LogP contribution in [0.5, 0.6) is 5.75 Å². The highest BCUT2D eigenvalue weighted by molar-refractivity contribution is 14.1. The molecule has 0 aliphatic heterocycles. The molecular weight excluding hydrogens is 883 g/mol. The third-order valence-electron chi connectivity index (χ3n) is 2.93. The van der Waals surface area contributed by atoms with Crippen LogP contribution in [0.15, 0.2) is 36.4 Å². The van der Waals surface area contributed by atoms with Gasteiger partial charge in [-0.25, -0.2) is 27.4 Å². The van der Waals surface area contributed by atoms with E-state index in [0.717, 1.165) is 16.7 Å². The van der Waals surface area contributed by atoms with Crippen LogP contribution in [0.3, 0.4) is 0 Å². The van der Waals surface area contributed by atoms with Crippen molar-refractivity contribution in [3.63, 3.8) is 0 Å². The van der Waals surface area contributed by atoms with Crippen molar-refractivity contribution < 1.29 is 111 Å². The van der Waals surface area contributed by atoms with Gasteiger partial charge in [-0.1, -0.05) is 36.4 Å². The second-order valence-corrected chi connectivity index (χ2v) is 13.7. The molecule has 266 valence electrons. The minimum atomic E-state index is -5.14. The highest BCUT2D eigenvalue weighted by Gasteiger charge is 2.24. The Kier molecular flexibility index (Phi) is 24.5. The summed E-state index contributed by atoms with van der Waals surface area (Å²) in [6, 6.07) is 11.4. The number of hydrogen-bond acceptors (Lipinski definition) is 7. The summed E-state index contributed by atoms with van der Waals surface area (Å²) in [7, 11) is -30.8. The summed E-state index contributed by atoms with van der Waals surface area (Å²) in [6.45, 7) is 3.67. The Morgan fingerprint density at radius 2 is 0.800 bits per heavy atom. The van der Waals surface area contributed by atoms with E-state index < -0.39 is 47.4 Å². The molecule has 0 amide bonds. The second-order valence-electron chi connectivity index (χ2n) is 6.80. The van der Waals surface area contributed by atoms with Crippen LogP contribution in [-0.4, -0.2) is 53.8 Å². The van der Waals surface area contributed by atoms with E-state index >= 15 is 0 Å². The highest BCUT2D eigenvalue weighted by Crippen LogP contribution is 2.48. The molecule has 11 N–H and O–H groups in total. The standard InChI is InChI=1S/C14H13FIO3P.5FH2O3P/c1-9-5-3-4-6-11(9)12-8-7-10(2)14(13(12)16)19-20(15,17)18;5*1-5(2,3)4/h3-8H,1-2H3,(H,17,18);5*(H2,2,3,4). The molecule has 1 atom stereocenters. The monoisotopic (exact) mass is 906 g/mol. The van der Waals surface area contributed by atoms with E-state index in [1.165, 1.54) is 0 Å². The lowest BCUT2D eigenvalue weighted by Gasteiger charge is -2.15. The van der Waals surface area contributed by atoms with E-state index in [4.69, 9.17) is 76.7 Å². The molecule has 0 radical (unpaired) electrons. The summed E-state index contributed by atoms with van der Waals surface area (Å²) in [5, 5.41) is 0. The predicted molar refractivity (Wildman–Crippen MR) is 151 cm³/mol. The van der Waals surface area contributed by atoms with E-state index in [2.05, 4.69) is 4.52 Å². The minimum absolute atomic E-state index is 0.111. The van der Waals surface area contributed by atoms with Crippen molar-refractivity contribution >= 4 is 70.0 Å². The largest absolute Gasteiger partial charge is 0.567 e. The first kappa shape index (κ1) is 51.3. The van der Waals surface area contributed by atoms with Gasteiger partial charge in [0, 0.05) is 0 Å². The van der Waals surface area contributed by atoms with E-state index in [0.29, 0.717) is 9.13 Å². The van der Waals surface area contributed by atoms with Crippen molar-refractivity contribution in [3.8, 4) is 16.9 Å². The molecule has 2 aromatic carbocycles. The van der Waals surface area contributed by atoms with Gasteiger partial charge in [0.1, 0.15) is 5.75 Å². The molecule has 0 aliphatic carbocycles. The van der Waals surface area contributed by atoms with Gasteiger partial charge in [-0.2, -0.15) is 0 Å². The molecule has 18 nitrogen and oxygen atoms in total. The van der Waals surface area contributed by atoms with Gasteiger partial charge in [0.25, 0.3) is 0 Å². The van der Waals surface area contributed by atoms with Gasteiger partial charge in [0.05, 0.1) is 3.57 Å². The molecule has 0 saturated heterocycles. The van der Waals surface area contributed by atoms with Gasteiger partial charge in [-0.05, 0) is 58.7 Å². The van der Waals surface area contributed by atoms with Crippen LogP contribution in [0, 0.1) is 17.4 Å².